The van der Waals surface area contributed by atoms with Crippen LogP contribution in [0.25, 0.3) is 0 Å². The Kier molecular flexibility index (Phi) is 8.42. The highest BCUT2D eigenvalue weighted by Crippen LogP contribution is 2.15. The number of carbonyl (C=O) groups is 1. The van der Waals surface area contributed by atoms with E-state index in [0.29, 0.717) is 31.9 Å². The lowest BCUT2D eigenvalue weighted by Gasteiger charge is -2.09. The zero-order valence-electron chi connectivity index (χ0n) is 12.8. The van der Waals surface area contributed by atoms with E-state index in [1.54, 1.807) is 19.2 Å². The number of rotatable bonds is 10. The van der Waals surface area contributed by atoms with Crippen molar-refractivity contribution in [2.45, 2.75) is 19.8 Å². The number of methoxy groups -OCH3 is 1. The molecule has 0 aliphatic rings. The number of carbonyl (C=O) groups excluding carboxylic acids is 1. The van der Waals surface area contributed by atoms with Gasteiger partial charge in [0, 0.05) is 25.8 Å². The molecule has 21 heavy (non-hydrogen) atoms. The Hall–Kier alpha value is -1.63. The molecule has 0 radical (unpaired) electrons. The van der Waals surface area contributed by atoms with Crippen LogP contribution in [0.2, 0.25) is 0 Å². The van der Waals surface area contributed by atoms with Crippen molar-refractivity contribution in [3.05, 3.63) is 29.3 Å². The number of nitrogens with one attached hydrogen (secondary N) is 2. The first-order valence-electron chi connectivity index (χ1n) is 7.11. The number of hydrogen-bond donors (Lipinski definition) is 3. The first kappa shape index (κ1) is 17.4. The van der Waals surface area contributed by atoms with E-state index >= 15 is 0 Å². The summed E-state index contributed by atoms with van der Waals surface area (Å²) in [5.41, 5.74) is 4.99. The molecule has 0 atom stereocenters. The van der Waals surface area contributed by atoms with Crippen LogP contribution in [-0.2, 0) is 9.47 Å². The van der Waals surface area contributed by atoms with Gasteiger partial charge in [-0.25, -0.2) is 0 Å². The summed E-state index contributed by atoms with van der Waals surface area (Å²) in [6, 6.07) is 5.37. The molecule has 0 unspecified atom stereocenters. The van der Waals surface area contributed by atoms with Crippen molar-refractivity contribution in [3.63, 3.8) is 0 Å². The number of benzene rings is 1. The summed E-state index contributed by atoms with van der Waals surface area (Å²) >= 11 is 0. The van der Waals surface area contributed by atoms with E-state index in [9.17, 15) is 4.79 Å². The molecule has 0 spiro atoms. The molecule has 6 nitrogen and oxygen atoms in total. The van der Waals surface area contributed by atoms with Gasteiger partial charge in [0.05, 0.1) is 18.9 Å². The van der Waals surface area contributed by atoms with Crippen LogP contribution in [0.4, 0.5) is 5.69 Å². The molecule has 0 heterocycles. The van der Waals surface area contributed by atoms with Gasteiger partial charge in [-0.05, 0) is 43.5 Å². The van der Waals surface area contributed by atoms with Crippen molar-refractivity contribution in [2.75, 3.05) is 38.9 Å². The standard InChI is InChI=1S/C15H25N3O3/c1-12-11-13(5-6-14(12)18-16)15(19)17-7-3-4-8-21-10-9-20-2/h5-6,11,18H,3-4,7-10,16H2,1-2H3,(H,17,19). The normalized spacial score (nSPS) is 10.4. The molecule has 6 heteroatoms. The van der Waals surface area contributed by atoms with Crippen molar-refractivity contribution in [2.24, 2.45) is 5.84 Å². The van der Waals surface area contributed by atoms with Crippen LogP contribution in [0.1, 0.15) is 28.8 Å². The van der Waals surface area contributed by atoms with Crippen LogP contribution in [-0.4, -0.2) is 39.4 Å². The number of anilines is 1. The summed E-state index contributed by atoms with van der Waals surface area (Å²) in [7, 11) is 1.65. The van der Waals surface area contributed by atoms with Crippen LogP contribution < -0.4 is 16.6 Å². The summed E-state index contributed by atoms with van der Waals surface area (Å²) in [4.78, 5) is 12.0. The highest BCUT2D eigenvalue weighted by Gasteiger charge is 2.06. The number of hydrogen-bond acceptors (Lipinski definition) is 5. The smallest absolute Gasteiger partial charge is 0.251 e. The lowest BCUT2D eigenvalue weighted by atomic mass is 10.1. The number of nitrogen functional groups attached to an aromatic ring is 1. The zero-order valence-corrected chi connectivity index (χ0v) is 12.8. The maximum absolute atomic E-state index is 12.0. The second-order valence-electron chi connectivity index (χ2n) is 4.74. The topological polar surface area (TPSA) is 85.6 Å². The van der Waals surface area contributed by atoms with Gasteiger partial charge >= 0.3 is 0 Å². The first-order chi connectivity index (χ1) is 10.2. The number of hydrazine groups is 1. The van der Waals surface area contributed by atoms with Gasteiger partial charge in [0.25, 0.3) is 5.91 Å². The first-order valence-corrected chi connectivity index (χ1v) is 7.11. The Morgan fingerprint density at radius 3 is 2.71 bits per heavy atom. The van der Waals surface area contributed by atoms with Crippen molar-refractivity contribution in [1.82, 2.24) is 5.32 Å². The number of amides is 1. The fourth-order valence-electron chi connectivity index (χ4n) is 1.84. The molecule has 0 aromatic heterocycles. The lowest BCUT2D eigenvalue weighted by Crippen LogP contribution is -2.24. The third kappa shape index (κ3) is 6.57. The molecule has 1 rings (SSSR count). The Balaban J connectivity index is 2.20. The van der Waals surface area contributed by atoms with Gasteiger partial charge in [0.15, 0.2) is 0 Å². The summed E-state index contributed by atoms with van der Waals surface area (Å²) < 4.78 is 10.2. The number of nitrogens with two attached hydrogens (primary N) is 1. The fraction of sp³-hybridized carbons (Fsp3) is 0.533. The zero-order chi connectivity index (χ0) is 15.5. The van der Waals surface area contributed by atoms with Crippen LogP contribution in [0.5, 0.6) is 0 Å². The molecule has 1 aromatic rings. The van der Waals surface area contributed by atoms with Gasteiger partial charge in [-0.1, -0.05) is 0 Å². The number of ether oxygens (including phenoxy) is 2. The second-order valence-corrected chi connectivity index (χ2v) is 4.74. The molecule has 0 aliphatic carbocycles. The van der Waals surface area contributed by atoms with Crippen molar-refractivity contribution in [1.29, 1.82) is 0 Å². The van der Waals surface area contributed by atoms with Crippen LogP contribution in [0.15, 0.2) is 18.2 Å². The summed E-state index contributed by atoms with van der Waals surface area (Å²) in [5.74, 6) is 5.30. The average molecular weight is 295 g/mol. The lowest BCUT2D eigenvalue weighted by molar-refractivity contribution is 0.0686. The molecular weight excluding hydrogens is 270 g/mol. The third-order valence-electron chi connectivity index (χ3n) is 3.08. The van der Waals surface area contributed by atoms with Gasteiger partial charge < -0.3 is 20.2 Å². The van der Waals surface area contributed by atoms with E-state index in [1.807, 2.05) is 13.0 Å². The van der Waals surface area contributed by atoms with E-state index < -0.39 is 0 Å². The van der Waals surface area contributed by atoms with E-state index in [1.165, 1.54) is 0 Å². The minimum Gasteiger partial charge on any atom is -0.382 e. The highest BCUT2D eigenvalue weighted by molar-refractivity contribution is 5.94. The molecular formula is C15H25N3O3. The Bertz CT molecular complexity index is 438. The molecule has 0 bridgehead atoms. The van der Waals surface area contributed by atoms with Crippen molar-refractivity contribution >= 4 is 11.6 Å². The van der Waals surface area contributed by atoms with E-state index in [2.05, 4.69) is 10.7 Å². The number of aryl methyl sites for hydroxylation is 1. The third-order valence-corrected chi connectivity index (χ3v) is 3.08. The summed E-state index contributed by atoms with van der Waals surface area (Å²) in [6.45, 7) is 4.47. The fourth-order valence-corrected chi connectivity index (χ4v) is 1.84. The molecule has 1 amide bonds. The molecule has 118 valence electrons. The molecule has 0 saturated carbocycles. The van der Waals surface area contributed by atoms with E-state index in [-0.39, 0.29) is 5.91 Å². The van der Waals surface area contributed by atoms with Gasteiger partial charge in [0.1, 0.15) is 0 Å². The van der Waals surface area contributed by atoms with E-state index in [0.717, 1.165) is 24.1 Å². The predicted octanol–water partition coefficient (Wildman–Crippen LogP) is 1.45. The van der Waals surface area contributed by atoms with Gasteiger partial charge in [-0.15, -0.1) is 0 Å². The Morgan fingerprint density at radius 1 is 1.24 bits per heavy atom. The van der Waals surface area contributed by atoms with Crippen LogP contribution >= 0.6 is 0 Å². The second kappa shape index (κ2) is 10.1. The van der Waals surface area contributed by atoms with Crippen molar-refractivity contribution < 1.29 is 14.3 Å². The van der Waals surface area contributed by atoms with Crippen molar-refractivity contribution in [3.8, 4) is 0 Å². The monoisotopic (exact) mass is 295 g/mol. The summed E-state index contributed by atoms with van der Waals surface area (Å²) in [5, 5.41) is 2.89. The molecule has 0 fully saturated rings. The summed E-state index contributed by atoms with van der Waals surface area (Å²) in [6.07, 6.45) is 1.80. The molecule has 4 N–H and O–H groups in total. The minimum absolute atomic E-state index is 0.0676. The van der Waals surface area contributed by atoms with Gasteiger partial charge in [-0.3, -0.25) is 10.6 Å². The Morgan fingerprint density at radius 2 is 2.05 bits per heavy atom. The molecule has 0 saturated heterocycles. The van der Waals surface area contributed by atoms with Crippen LogP contribution in [0, 0.1) is 6.92 Å². The maximum atomic E-state index is 12.0. The van der Waals surface area contributed by atoms with E-state index in [4.69, 9.17) is 15.3 Å². The Labute approximate surface area is 126 Å². The number of unbranched alkanes of at least 4 members (excludes halogenated alkanes) is 1. The average Bonchev–Trinajstić information content (AvgIpc) is 2.49. The highest BCUT2D eigenvalue weighted by atomic mass is 16.5. The molecule has 0 aliphatic heterocycles. The van der Waals surface area contributed by atoms with Gasteiger partial charge in [-0.2, -0.15) is 0 Å². The SMILES string of the molecule is COCCOCCCCNC(=O)c1ccc(NN)c(C)c1. The quantitative estimate of drug-likeness (QED) is 0.345. The minimum atomic E-state index is -0.0676. The maximum Gasteiger partial charge on any atom is 0.251 e. The van der Waals surface area contributed by atoms with Crippen LogP contribution in [0.3, 0.4) is 0 Å². The predicted molar refractivity (Wildman–Crippen MR) is 83.3 cm³/mol. The largest absolute Gasteiger partial charge is 0.382 e. The molecule has 1 aromatic carbocycles. The van der Waals surface area contributed by atoms with Gasteiger partial charge in [0.2, 0.25) is 0 Å².